The van der Waals surface area contributed by atoms with E-state index in [2.05, 4.69) is 213 Å². The molecule has 50 heavy (non-hydrogen) atoms. The summed E-state index contributed by atoms with van der Waals surface area (Å²) in [6.45, 7) is 0. The molecule has 0 radical (unpaired) electrons. The molecule has 0 aliphatic carbocycles. The molecule has 0 N–H and O–H groups in total. The zero-order valence-electron chi connectivity index (χ0n) is 27.6. The summed E-state index contributed by atoms with van der Waals surface area (Å²) in [6, 6.07) is 62.9. The van der Waals surface area contributed by atoms with Crippen LogP contribution in [-0.4, -0.2) is 21.3 Å². The van der Waals surface area contributed by atoms with Gasteiger partial charge in [-0.3, -0.25) is 10.0 Å². The quantitative estimate of drug-likeness (QED) is 0.186. The van der Waals surface area contributed by atoms with E-state index in [4.69, 9.17) is 0 Å². The van der Waals surface area contributed by atoms with Crippen molar-refractivity contribution in [2.45, 2.75) is 0 Å². The minimum Gasteiger partial charge on any atom is -0.309 e. The highest BCUT2D eigenvalue weighted by Gasteiger charge is 2.30. The summed E-state index contributed by atoms with van der Waals surface area (Å²) in [5.41, 5.74) is 11.6. The second-order valence-electron chi connectivity index (χ2n) is 12.8. The number of fused-ring (bicyclic) bond motifs is 7. The van der Waals surface area contributed by atoms with Gasteiger partial charge >= 0.3 is 0 Å². The maximum absolute atomic E-state index is 2.44. The molecule has 9 aromatic rings. The topological polar surface area (TPSA) is 19.6 Å². The molecular weight excluding hydrogens is 611 g/mol. The van der Waals surface area contributed by atoms with E-state index in [1.54, 1.807) is 0 Å². The number of anilines is 2. The summed E-state index contributed by atoms with van der Waals surface area (Å²) < 4.78 is 4.85. The lowest BCUT2D eigenvalue weighted by Crippen LogP contribution is -2.42. The molecule has 2 aromatic heterocycles. The molecule has 1 aliphatic rings. The molecule has 0 saturated heterocycles. The lowest BCUT2D eigenvalue weighted by molar-refractivity contribution is 0.366. The van der Waals surface area contributed by atoms with Crippen LogP contribution in [0.1, 0.15) is 5.56 Å². The number of hydrazine groups is 2. The van der Waals surface area contributed by atoms with Crippen molar-refractivity contribution in [1.29, 1.82) is 0 Å². The van der Waals surface area contributed by atoms with Crippen LogP contribution in [0.15, 0.2) is 182 Å². The van der Waals surface area contributed by atoms with E-state index in [0.29, 0.717) is 0 Å². The zero-order valence-corrected chi connectivity index (χ0v) is 27.6. The minimum absolute atomic E-state index is 1.08. The Hall–Kier alpha value is -6.56. The van der Waals surface area contributed by atoms with E-state index >= 15 is 0 Å². The Balaban J connectivity index is 1.14. The van der Waals surface area contributed by atoms with Crippen LogP contribution in [0.3, 0.4) is 0 Å². The van der Waals surface area contributed by atoms with Crippen LogP contribution in [0.4, 0.5) is 11.4 Å². The summed E-state index contributed by atoms with van der Waals surface area (Å²) >= 11 is 0. The van der Waals surface area contributed by atoms with Crippen molar-refractivity contribution in [1.82, 2.24) is 14.3 Å². The lowest BCUT2D eigenvalue weighted by Gasteiger charge is -2.34. The number of para-hydroxylation sites is 4. The molecule has 5 heteroatoms. The van der Waals surface area contributed by atoms with Gasteiger partial charge in [-0.25, -0.2) is 0 Å². The molecule has 0 spiro atoms. The Labute approximate surface area is 290 Å². The number of nitrogens with zero attached hydrogens (tertiary/aromatic N) is 5. The van der Waals surface area contributed by atoms with E-state index in [1.807, 2.05) is 0 Å². The molecule has 238 valence electrons. The van der Waals surface area contributed by atoms with Crippen LogP contribution in [0.2, 0.25) is 0 Å². The van der Waals surface area contributed by atoms with Crippen LogP contribution in [0, 0.1) is 0 Å². The van der Waals surface area contributed by atoms with Crippen molar-refractivity contribution in [3.63, 3.8) is 0 Å². The third-order valence-electron chi connectivity index (χ3n) is 10.0. The van der Waals surface area contributed by atoms with E-state index < -0.39 is 0 Å². The highest BCUT2D eigenvalue weighted by molar-refractivity contribution is 6.26. The van der Waals surface area contributed by atoms with E-state index in [9.17, 15) is 0 Å². The van der Waals surface area contributed by atoms with Crippen LogP contribution in [0.25, 0.3) is 60.7 Å². The second-order valence-corrected chi connectivity index (χ2v) is 12.8. The average molecular weight is 644 g/mol. The summed E-state index contributed by atoms with van der Waals surface area (Å²) in [7, 11) is 2.11. The van der Waals surface area contributed by atoms with Gasteiger partial charge in [-0.1, -0.05) is 109 Å². The van der Waals surface area contributed by atoms with Gasteiger partial charge in [0.05, 0.1) is 39.1 Å². The molecule has 5 nitrogen and oxygen atoms in total. The summed E-state index contributed by atoms with van der Waals surface area (Å²) in [5, 5.41) is 11.7. The predicted molar refractivity (Wildman–Crippen MR) is 209 cm³/mol. The molecule has 7 aromatic carbocycles. The van der Waals surface area contributed by atoms with Crippen LogP contribution >= 0.6 is 0 Å². The Kier molecular flexibility index (Phi) is 6.41. The first-order valence-corrected chi connectivity index (χ1v) is 17.0. The van der Waals surface area contributed by atoms with Crippen molar-refractivity contribution < 1.29 is 0 Å². The normalized spacial score (nSPS) is 13.7. The van der Waals surface area contributed by atoms with Crippen molar-refractivity contribution in [3.8, 4) is 11.4 Å². The monoisotopic (exact) mass is 643 g/mol. The highest BCUT2D eigenvalue weighted by Crippen LogP contribution is 2.42. The largest absolute Gasteiger partial charge is 0.309 e. The Morgan fingerprint density at radius 1 is 0.380 bits per heavy atom. The summed E-state index contributed by atoms with van der Waals surface area (Å²) in [6.07, 6.45) is 2.22. The molecule has 0 fully saturated rings. The molecule has 0 atom stereocenters. The average Bonchev–Trinajstić information content (AvgIpc) is 3.83. The van der Waals surface area contributed by atoms with E-state index in [1.165, 1.54) is 43.6 Å². The Morgan fingerprint density at radius 3 is 1.62 bits per heavy atom. The molecule has 3 heterocycles. The van der Waals surface area contributed by atoms with Crippen molar-refractivity contribution in [2.24, 2.45) is 0 Å². The van der Waals surface area contributed by atoms with Crippen molar-refractivity contribution >= 4 is 60.7 Å². The molecule has 0 bridgehead atoms. The van der Waals surface area contributed by atoms with Crippen LogP contribution in [0.5, 0.6) is 0 Å². The maximum Gasteiger partial charge on any atom is 0.0849 e. The fraction of sp³-hybridized carbons (Fsp3) is 0.0222. The smallest absolute Gasteiger partial charge is 0.0849 e. The lowest BCUT2D eigenvalue weighted by atomic mass is 10.1. The first-order chi connectivity index (χ1) is 24.8. The van der Waals surface area contributed by atoms with Gasteiger partial charge in [0.2, 0.25) is 0 Å². The van der Waals surface area contributed by atoms with Gasteiger partial charge in [-0.05, 0) is 66.7 Å². The molecule has 0 unspecified atom stereocenters. The Bertz CT molecular complexity index is 2710. The second kappa shape index (κ2) is 11.3. The van der Waals surface area contributed by atoms with Gasteiger partial charge in [-0.15, -0.1) is 5.12 Å². The fourth-order valence-corrected chi connectivity index (χ4v) is 7.82. The molecule has 0 saturated carbocycles. The van der Waals surface area contributed by atoms with Gasteiger partial charge in [0.15, 0.2) is 0 Å². The Morgan fingerprint density at radius 2 is 0.920 bits per heavy atom. The van der Waals surface area contributed by atoms with Gasteiger partial charge in [0, 0.05) is 51.7 Å². The van der Waals surface area contributed by atoms with Gasteiger partial charge in [0.25, 0.3) is 0 Å². The minimum atomic E-state index is 1.08. The van der Waals surface area contributed by atoms with Crippen molar-refractivity contribution in [2.75, 3.05) is 17.1 Å². The van der Waals surface area contributed by atoms with Gasteiger partial charge < -0.3 is 9.13 Å². The van der Waals surface area contributed by atoms with Crippen LogP contribution < -0.4 is 10.0 Å². The third-order valence-corrected chi connectivity index (χ3v) is 10.0. The van der Waals surface area contributed by atoms with E-state index in [-0.39, 0.29) is 0 Å². The molecule has 1 aliphatic heterocycles. The first kappa shape index (κ1) is 28.5. The fourth-order valence-electron chi connectivity index (χ4n) is 7.82. The summed E-state index contributed by atoms with van der Waals surface area (Å²) in [4.78, 5) is 0. The van der Waals surface area contributed by atoms with Crippen molar-refractivity contribution in [3.05, 3.63) is 188 Å². The number of aromatic nitrogens is 2. The standard InChI is InChI=1S/C45H33N5/c1-46-47(31-43(32-15-5-2-6-16-32)50(46)36-19-9-4-10-20-36)33-25-27-35(28-26-33)48-41-24-14-12-22-39(41)44-42(48)30-29-38-37-21-11-13-23-40(37)49(45(38)44)34-17-7-3-8-18-34/h2-31H,1H3. The third kappa shape index (κ3) is 4.24. The first-order valence-electron chi connectivity index (χ1n) is 17.0. The zero-order chi connectivity index (χ0) is 33.2. The summed E-state index contributed by atoms with van der Waals surface area (Å²) in [5.74, 6) is 0. The molecule has 0 amide bonds. The van der Waals surface area contributed by atoms with Crippen LogP contribution in [-0.2, 0) is 0 Å². The maximum atomic E-state index is 2.44. The van der Waals surface area contributed by atoms with E-state index in [0.717, 1.165) is 34.0 Å². The molecule has 10 rings (SSSR count). The number of benzene rings is 7. The highest BCUT2D eigenvalue weighted by atomic mass is 15.9. The SMILES string of the molecule is CN1N(c2ccc(-n3c4ccccc4c4c3ccc3c5ccccc5n(-c5ccccc5)c34)cc2)C=C(c2ccccc2)N1c1ccccc1. The number of hydrogen-bond acceptors (Lipinski definition) is 3. The predicted octanol–water partition coefficient (Wildman–Crippen LogP) is 11.0. The van der Waals surface area contributed by atoms with Gasteiger partial charge in [-0.2, -0.15) is 0 Å². The number of hydrogen-bond donors (Lipinski definition) is 0. The molecular formula is C45H33N5. The number of rotatable bonds is 5. The van der Waals surface area contributed by atoms with Gasteiger partial charge in [0.1, 0.15) is 0 Å².